The molecule has 0 fully saturated rings. The molecule has 0 amide bonds. The van der Waals surface area contributed by atoms with Crippen molar-refractivity contribution in [1.82, 2.24) is 9.97 Å². The molecule has 5 heteroatoms. The van der Waals surface area contributed by atoms with E-state index in [1.165, 1.54) is 0 Å². The van der Waals surface area contributed by atoms with Crippen LogP contribution in [0, 0.1) is 0 Å². The van der Waals surface area contributed by atoms with Gasteiger partial charge in [-0.15, -0.1) is 0 Å². The van der Waals surface area contributed by atoms with E-state index in [1.807, 2.05) is 60.7 Å². The van der Waals surface area contributed by atoms with Crippen LogP contribution in [0.5, 0.6) is 5.88 Å². The number of nitrogens with one attached hydrogen (secondary N) is 2. The molecule has 0 spiro atoms. The molecule has 2 atom stereocenters. The van der Waals surface area contributed by atoms with Crippen LogP contribution in [0.25, 0.3) is 0 Å². The van der Waals surface area contributed by atoms with Crippen molar-refractivity contribution in [3.63, 3.8) is 0 Å². The summed E-state index contributed by atoms with van der Waals surface area (Å²) in [5.74, 6) is 0.124. The first-order valence-corrected chi connectivity index (χ1v) is 7.85. The molecular formula is C19H16N2O3. The Bertz CT molecular complexity index is 961. The number of rotatable bonds is 2. The summed E-state index contributed by atoms with van der Waals surface area (Å²) in [5.41, 5.74) is 1.58. The van der Waals surface area contributed by atoms with E-state index < -0.39 is 11.2 Å². The van der Waals surface area contributed by atoms with Crippen LogP contribution >= 0.6 is 0 Å². The monoisotopic (exact) mass is 320 g/mol. The quantitative estimate of drug-likeness (QED) is 0.762. The SMILES string of the molecule is O=c1[nH]c2c(c(=O)[nH]1)C(c1ccccc1)CC(c1ccccc1)O2. The minimum Gasteiger partial charge on any atom is -0.470 e. The van der Waals surface area contributed by atoms with Gasteiger partial charge in [0.15, 0.2) is 0 Å². The molecule has 2 heterocycles. The van der Waals surface area contributed by atoms with Gasteiger partial charge in [0.2, 0.25) is 5.88 Å². The normalized spacial score (nSPS) is 19.3. The molecule has 24 heavy (non-hydrogen) atoms. The summed E-state index contributed by atoms with van der Waals surface area (Å²) in [6.07, 6.45) is 0.414. The maximum atomic E-state index is 12.4. The van der Waals surface area contributed by atoms with Crippen LogP contribution in [-0.2, 0) is 0 Å². The summed E-state index contributed by atoms with van der Waals surface area (Å²) in [5, 5.41) is 0. The summed E-state index contributed by atoms with van der Waals surface area (Å²) < 4.78 is 5.96. The Labute approximate surface area is 138 Å². The Morgan fingerprint density at radius 1 is 0.833 bits per heavy atom. The van der Waals surface area contributed by atoms with Crippen LogP contribution in [0.2, 0.25) is 0 Å². The fourth-order valence-corrected chi connectivity index (χ4v) is 3.27. The lowest BCUT2D eigenvalue weighted by Crippen LogP contribution is -2.33. The van der Waals surface area contributed by atoms with E-state index in [4.69, 9.17) is 4.74 Å². The molecule has 5 nitrogen and oxygen atoms in total. The maximum Gasteiger partial charge on any atom is 0.328 e. The van der Waals surface area contributed by atoms with Gasteiger partial charge < -0.3 is 4.74 Å². The highest BCUT2D eigenvalue weighted by Crippen LogP contribution is 2.41. The summed E-state index contributed by atoms with van der Waals surface area (Å²) >= 11 is 0. The molecule has 0 radical (unpaired) electrons. The Morgan fingerprint density at radius 2 is 1.46 bits per heavy atom. The van der Waals surface area contributed by atoms with Crippen molar-refractivity contribution >= 4 is 0 Å². The molecule has 1 aromatic heterocycles. The predicted octanol–water partition coefficient (Wildman–Crippen LogP) is 2.72. The van der Waals surface area contributed by atoms with Crippen molar-refractivity contribution in [1.29, 1.82) is 0 Å². The molecule has 1 aliphatic heterocycles. The van der Waals surface area contributed by atoms with E-state index in [9.17, 15) is 9.59 Å². The smallest absolute Gasteiger partial charge is 0.328 e. The summed E-state index contributed by atoms with van der Waals surface area (Å²) in [7, 11) is 0. The van der Waals surface area contributed by atoms with Crippen molar-refractivity contribution < 1.29 is 4.74 Å². The van der Waals surface area contributed by atoms with Crippen LogP contribution < -0.4 is 16.0 Å². The first-order chi connectivity index (χ1) is 11.7. The molecule has 0 saturated carbocycles. The second kappa shape index (κ2) is 5.85. The summed E-state index contributed by atoms with van der Waals surface area (Å²) in [4.78, 5) is 29.0. The van der Waals surface area contributed by atoms with Gasteiger partial charge in [-0.2, -0.15) is 0 Å². The number of fused-ring (bicyclic) bond motifs is 1. The van der Waals surface area contributed by atoms with Crippen LogP contribution in [-0.4, -0.2) is 9.97 Å². The van der Waals surface area contributed by atoms with Crippen molar-refractivity contribution in [3.05, 3.63) is 98.2 Å². The molecule has 0 bridgehead atoms. The van der Waals surface area contributed by atoms with E-state index in [-0.39, 0.29) is 17.9 Å². The summed E-state index contributed by atoms with van der Waals surface area (Å²) in [6, 6.07) is 19.6. The molecule has 4 rings (SSSR count). The number of ether oxygens (including phenoxy) is 1. The van der Waals surface area contributed by atoms with E-state index in [0.29, 0.717) is 12.0 Å². The highest BCUT2D eigenvalue weighted by molar-refractivity contribution is 5.39. The molecule has 1 aliphatic rings. The zero-order valence-electron chi connectivity index (χ0n) is 12.9. The Kier molecular flexibility index (Phi) is 3.54. The first-order valence-electron chi connectivity index (χ1n) is 7.85. The van der Waals surface area contributed by atoms with E-state index in [0.717, 1.165) is 11.1 Å². The second-order valence-corrected chi connectivity index (χ2v) is 5.87. The van der Waals surface area contributed by atoms with Crippen molar-refractivity contribution in [2.75, 3.05) is 0 Å². The van der Waals surface area contributed by atoms with Crippen LogP contribution in [0.3, 0.4) is 0 Å². The minimum atomic E-state index is -0.556. The van der Waals surface area contributed by atoms with Gasteiger partial charge in [-0.1, -0.05) is 60.7 Å². The van der Waals surface area contributed by atoms with E-state index >= 15 is 0 Å². The third-order valence-corrected chi connectivity index (χ3v) is 4.38. The zero-order valence-corrected chi connectivity index (χ0v) is 12.9. The Hall–Kier alpha value is -3.08. The van der Waals surface area contributed by atoms with Crippen molar-refractivity contribution in [2.24, 2.45) is 0 Å². The maximum absolute atomic E-state index is 12.4. The van der Waals surface area contributed by atoms with Gasteiger partial charge in [0.1, 0.15) is 6.10 Å². The number of hydrogen-bond donors (Lipinski definition) is 2. The zero-order chi connectivity index (χ0) is 16.5. The third kappa shape index (κ3) is 2.54. The fourth-order valence-electron chi connectivity index (χ4n) is 3.27. The highest BCUT2D eigenvalue weighted by atomic mass is 16.5. The van der Waals surface area contributed by atoms with Crippen LogP contribution in [0.4, 0.5) is 0 Å². The highest BCUT2D eigenvalue weighted by Gasteiger charge is 2.33. The van der Waals surface area contributed by atoms with Gasteiger partial charge >= 0.3 is 5.69 Å². The van der Waals surface area contributed by atoms with Crippen molar-refractivity contribution in [2.45, 2.75) is 18.4 Å². The molecule has 120 valence electrons. The van der Waals surface area contributed by atoms with Gasteiger partial charge in [-0.3, -0.25) is 14.8 Å². The van der Waals surface area contributed by atoms with E-state index in [2.05, 4.69) is 9.97 Å². The average Bonchev–Trinajstić information content (AvgIpc) is 2.62. The van der Waals surface area contributed by atoms with Crippen molar-refractivity contribution in [3.8, 4) is 5.88 Å². The lowest BCUT2D eigenvalue weighted by atomic mass is 9.84. The molecule has 0 saturated heterocycles. The van der Waals surface area contributed by atoms with Gasteiger partial charge in [-0.05, 0) is 17.5 Å². The number of aromatic amines is 2. The van der Waals surface area contributed by atoms with Gasteiger partial charge in [0.25, 0.3) is 5.56 Å². The standard InChI is InChI=1S/C19H16N2O3/c22-17-16-14(12-7-3-1-4-8-12)11-15(13-9-5-2-6-10-13)24-18(16)21-19(23)20-17/h1-10,14-15H,11H2,(H2,20,21,22,23). The topological polar surface area (TPSA) is 75.0 Å². The minimum absolute atomic E-state index is 0.138. The molecule has 2 N–H and O–H groups in total. The first kappa shape index (κ1) is 14.5. The average molecular weight is 320 g/mol. The lowest BCUT2D eigenvalue weighted by Gasteiger charge is -2.31. The molecular weight excluding hydrogens is 304 g/mol. The number of aromatic nitrogens is 2. The van der Waals surface area contributed by atoms with E-state index in [1.54, 1.807) is 0 Å². The number of benzene rings is 2. The fraction of sp³-hybridized carbons (Fsp3) is 0.158. The number of hydrogen-bond acceptors (Lipinski definition) is 3. The molecule has 0 aliphatic carbocycles. The Balaban J connectivity index is 1.87. The third-order valence-electron chi connectivity index (χ3n) is 4.38. The number of H-pyrrole nitrogens is 2. The second-order valence-electron chi connectivity index (χ2n) is 5.87. The lowest BCUT2D eigenvalue weighted by molar-refractivity contribution is 0.157. The Morgan fingerprint density at radius 3 is 2.12 bits per heavy atom. The molecule has 2 unspecified atom stereocenters. The predicted molar refractivity (Wildman–Crippen MR) is 90.4 cm³/mol. The van der Waals surface area contributed by atoms with Crippen LogP contribution in [0.1, 0.15) is 35.1 Å². The largest absolute Gasteiger partial charge is 0.470 e. The molecule has 3 aromatic rings. The van der Waals surface area contributed by atoms with Crippen LogP contribution in [0.15, 0.2) is 70.3 Å². The summed E-state index contributed by atoms with van der Waals surface area (Å²) in [6.45, 7) is 0. The van der Waals surface area contributed by atoms with Gasteiger partial charge in [0.05, 0.1) is 5.56 Å². The van der Waals surface area contributed by atoms with Gasteiger partial charge in [-0.25, -0.2) is 4.79 Å². The van der Waals surface area contributed by atoms with Gasteiger partial charge in [0, 0.05) is 5.92 Å². The molecule has 2 aromatic carbocycles.